The molecule has 4 nitrogen and oxygen atoms in total. The Morgan fingerprint density at radius 2 is 1.48 bits per heavy atom. The first-order valence-electron chi connectivity index (χ1n) is 10.3. The molecule has 1 atom stereocenters. The Morgan fingerprint density at radius 1 is 0.806 bits per heavy atom. The zero-order valence-electron chi connectivity index (χ0n) is 17.2. The molecule has 152 valence electrons. The van der Waals surface area contributed by atoms with Crippen LogP contribution in [0.2, 0.25) is 0 Å². The normalized spacial score (nSPS) is 15.8. The van der Waals surface area contributed by atoms with Gasteiger partial charge in [-0.1, -0.05) is 42.5 Å². The summed E-state index contributed by atoms with van der Waals surface area (Å²) in [5, 5.41) is 1.75. The van der Waals surface area contributed by atoms with Crippen LogP contribution in [0.25, 0.3) is 22.1 Å². The van der Waals surface area contributed by atoms with Gasteiger partial charge in [0.1, 0.15) is 6.17 Å². The van der Waals surface area contributed by atoms with E-state index in [4.69, 9.17) is 4.42 Å². The third-order valence-electron chi connectivity index (χ3n) is 6.07. The molecule has 5 aromatic rings. The lowest BCUT2D eigenvalue weighted by Crippen LogP contribution is -2.35. The van der Waals surface area contributed by atoms with Crippen molar-refractivity contribution >= 4 is 44.8 Å². The van der Waals surface area contributed by atoms with Crippen molar-refractivity contribution < 1.29 is 8.81 Å². The lowest BCUT2D eigenvalue weighted by atomic mass is 10.1. The van der Waals surface area contributed by atoms with Gasteiger partial charge in [-0.05, 0) is 55.8 Å². The van der Waals surface area contributed by atoms with Gasteiger partial charge in [0.2, 0.25) is 11.7 Å². The van der Waals surface area contributed by atoms with Gasteiger partial charge in [-0.2, -0.15) is 9.37 Å². The highest BCUT2D eigenvalue weighted by Gasteiger charge is 2.36. The number of furan rings is 1. The number of anilines is 4. The van der Waals surface area contributed by atoms with Gasteiger partial charge in [0, 0.05) is 16.5 Å². The van der Waals surface area contributed by atoms with Crippen LogP contribution in [0.15, 0.2) is 83.3 Å². The number of hydrogen-bond acceptors (Lipinski definition) is 4. The summed E-state index contributed by atoms with van der Waals surface area (Å²) in [5.41, 5.74) is 6.49. The SMILES string of the molecule is Cc1ccc2c(oc3nc(F)ccc32)c1N1c2ccccc2N(c2ccccc2)C1C. The Balaban J connectivity index is 1.62. The minimum atomic E-state index is -0.542. The number of hydrogen-bond donors (Lipinski definition) is 0. The number of aryl methyl sites for hydroxylation is 1. The highest BCUT2D eigenvalue weighted by Crippen LogP contribution is 2.50. The molecule has 6 rings (SSSR count). The summed E-state index contributed by atoms with van der Waals surface area (Å²) in [4.78, 5) is 8.61. The van der Waals surface area contributed by atoms with Gasteiger partial charge in [-0.15, -0.1) is 0 Å². The highest BCUT2D eigenvalue weighted by molar-refractivity contribution is 6.10. The van der Waals surface area contributed by atoms with E-state index in [1.54, 1.807) is 6.07 Å². The number of fused-ring (bicyclic) bond motifs is 4. The van der Waals surface area contributed by atoms with E-state index in [0.717, 1.165) is 44.7 Å². The van der Waals surface area contributed by atoms with Crippen LogP contribution in [0.1, 0.15) is 12.5 Å². The Kier molecular flexibility index (Phi) is 3.81. The summed E-state index contributed by atoms with van der Waals surface area (Å²) >= 11 is 0. The van der Waals surface area contributed by atoms with Crippen LogP contribution in [0, 0.1) is 12.9 Å². The molecule has 5 heteroatoms. The maximum atomic E-state index is 13.8. The van der Waals surface area contributed by atoms with E-state index in [-0.39, 0.29) is 6.17 Å². The number of para-hydroxylation sites is 3. The molecule has 0 N–H and O–H groups in total. The molecule has 0 radical (unpaired) electrons. The fourth-order valence-corrected chi connectivity index (χ4v) is 4.72. The van der Waals surface area contributed by atoms with Crippen LogP contribution in [-0.4, -0.2) is 11.1 Å². The molecule has 2 aromatic heterocycles. The van der Waals surface area contributed by atoms with Crippen LogP contribution in [0.3, 0.4) is 0 Å². The Bertz CT molecular complexity index is 1440. The van der Waals surface area contributed by atoms with Crippen LogP contribution in [0.4, 0.5) is 27.1 Å². The van der Waals surface area contributed by atoms with Gasteiger partial charge < -0.3 is 14.2 Å². The molecule has 0 saturated carbocycles. The van der Waals surface area contributed by atoms with Crippen LogP contribution in [0.5, 0.6) is 0 Å². The molecule has 1 unspecified atom stereocenters. The van der Waals surface area contributed by atoms with Crippen LogP contribution in [-0.2, 0) is 0 Å². The predicted octanol–water partition coefficient (Wildman–Crippen LogP) is 7.06. The fourth-order valence-electron chi connectivity index (χ4n) is 4.72. The summed E-state index contributed by atoms with van der Waals surface area (Å²) in [5.74, 6) is -0.542. The number of rotatable bonds is 2. The summed E-state index contributed by atoms with van der Waals surface area (Å²) in [7, 11) is 0. The molecule has 3 aromatic carbocycles. The maximum absolute atomic E-state index is 13.8. The average molecular weight is 409 g/mol. The minimum absolute atomic E-state index is 0.0157. The van der Waals surface area contributed by atoms with Crippen molar-refractivity contribution in [1.82, 2.24) is 4.98 Å². The Labute approximate surface area is 179 Å². The molecular weight excluding hydrogens is 389 g/mol. The maximum Gasteiger partial charge on any atom is 0.230 e. The van der Waals surface area contributed by atoms with Crippen molar-refractivity contribution in [3.8, 4) is 0 Å². The second kappa shape index (κ2) is 6.57. The Hall–Kier alpha value is -3.86. The number of nitrogens with zero attached hydrogens (tertiary/aromatic N) is 3. The van der Waals surface area contributed by atoms with Crippen molar-refractivity contribution in [3.05, 3.63) is 90.4 Å². The van der Waals surface area contributed by atoms with Crippen LogP contribution < -0.4 is 9.80 Å². The van der Waals surface area contributed by atoms with E-state index in [1.165, 1.54) is 6.07 Å². The van der Waals surface area contributed by atoms with Crippen LogP contribution >= 0.6 is 0 Å². The molecule has 0 saturated heterocycles. The van der Waals surface area contributed by atoms with Gasteiger partial charge in [0.05, 0.1) is 17.1 Å². The van der Waals surface area contributed by atoms with Gasteiger partial charge >= 0.3 is 0 Å². The monoisotopic (exact) mass is 409 g/mol. The van der Waals surface area contributed by atoms with Gasteiger partial charge in [-0.3, -0.25) is 0 Å². The molecule has 0 spiro atoms. The second-order valence-corrected chi connectivity index (χ2v) is 7.89. The summed E-state index contributed by atoms with van der Waals surface area (Å²) in [6, 6.07) is 26.0. The van der Waals surface area contributed by atoms with Crippen molar-refractivity contribution in [2.75, 3.05) is 9.80 Å². The van der Waals surface area contributed by atoms with Crippen molar-refractivity contribution in [1.29, 1.82) is 0 Å². The molecule has 3 heterocycles. The van der Waals surface area contributed by atoms with E-state index >= 15 is 0 Å². The zero-order valence-corrected chi connectivity index (χ0v) is 17.2. The lowest BCUT2D eigenvalue weighted by molar-refractivity contribution is 0.569. The van der Waals surface area contributed by atoms with E-state index < -0.39 is 5.95 Å². The number of benzene rings is 3. The van der Waals surface area contributed by atoms with Gasteiger partial charge in [0.25, 0.3) is 0 Å². The summed E-state index contributed by atoms with van der Waals surface area (Å²) in [6.45, 7) is 4.27. The molecule has 0 aliphatic carbocycles. The van der Waals surface area contributed by atoms with E-state index in [2.05, 4.69) is 83.2 Å². The largest absolute Gasteiger partial charge is 0.435 e. The Morgan fingerprint density at radius 3 is 2.26 bits per heavy atom. The number of halogens is 1. The van der Waals surface area contributed by atoms with Crippen molar-refractivity contribution in [3.63, 3.8) is 0 Å². The second-order valence-electron chi connectivity index (χ2n) is 7.89. The average Bonchev–Trinajstić information content (AvgIpc) is 3.28. The first-order valence-corrected chi connectivity index (χ1v) is 10.3. The van der Waals surface area contributed by atoms with Crippen molar-refractivity contribution in [2.24, 2.45) is 0 Å². The molecule has 0 bridgehead atoms. The molecule has 31 heavy (non-hydrogen) atoms. The summed E-state index contributed by atoms with van der Waals surface area (Å²) < 4.78 is 19.9. The van der Waals surface area contributed by atoms with Gasteiger partial charge in [0.15, 0.2) is 5.58 Å². The van der Waals surface area contributed by atoms with E-state index in [9.17, 15) is 4.39 Å². The van der Waals surface area contributed by atoms with E-state index in [0.29, 0.717) is 5.71 Å². The minimum Gasteiger partial charge on any atom is -0.435 e. The number of pyridine rings is 1. The third-order valence-corrected chi connectivity index (χ3v) is 6.07. The lowest BCUT2D eigenvalue weighted by Gasteiger charge is -2.31. The zero-order chi connectivity index (χ0) is 21.1. The topological polar surface area (TPSA) is 32.5 Å². The van der Waals surface area contributed by atoms with Gasteiger partial charge in [-0.25, -0.2) is 0 Å². The standard InChI is InChI=1S/C26H20FN3O/c1-16-12-13-19-20-14-15-23(27)28-26(20)31-25(19)24(16)30-17(2)29(18-8-4-3-5-9-18)21-10-6-7-11-22(21)30/h3-15,17H,1-2H3. The van der Waals surface area contributed by atoms with Crippen molar-refractivity contribution in [2.45, 2.75) is 20.0 Å². The third kappa shape index (κ3) is 2.56. The smallest absolute Gasteiger partial charge is 0.230 e. The highest BCUT2D eigenvalue weighted by atomic mass is 19.1. The summed E-state index contributed by atoms with van der Waals surface area (Å²) in [6.07, 6.45) is 0.0157. The number of aromatic nitrogens is 1. The molecule has 1 aliphatic heterocycles. The van der Waals surface area contributed by atoms with E-state index in [1.807, 2.05) is 12.1 Å². The fraction of sp³-hybridized carbons (Fsp3) is 0.115. The first kappa shape index (κ1) is 18.0. The first-order chi connectivity index (χ1) is 15.1. The molecule has 0 amide bonds. The molecular formula is C26H20FN3O. The quantitative estimate of drug-likeness (QED) is 0.292. The molecule has 0 fully saturated rings. The predicted molar refractivity (Wildman–Crippen MR) is 123 cm³/mol. The molecule has 1 aliphatic rings.